The van der Waals surface area contributed by atoms with Gasteiger partial charge in [-0.15, -0.1) is 0 Å². The first-order chi connectivity index (χ1) is 10.6. The van der Waals surface area contributed by atoms with Crippen LogP contribution in [0.4, 0.5) is 4.79 Å². The number of carboxylic acids is 1. The Morgan fingerprint density at radius 1 is 1.26 bits per heavy atom. The second-order valence-corrected chi connectivity index (χ2v) is 7.46. The van der Waals surface area contributed by atoms with Crippen molar-refractivity contribution in [2.75, 3.05) is 0 Å². The molecule has 0 aromatic carbocycles. The molecule has 2 aliphatic rings. The van der Waals surface area contributed by atoms with Gasteiger partial charge in [-0.2, -0.15) is 0 Å². The molecule has 0 radical (unpaired) electrons. The molecule has 130 valence electrons. The fraction of sp³-hybridized carbons (Fsp3) is 0.812. The first-order valence-electron chi connectivity index (χ1n) is 8.14. The number of carbonyl (C=O) groups is 3. The number of hydrogen-bond donors (Lipinski definition) is 2. The molecule has 7 nitrogen and oxygen atoms in total. The Kier molecular flexibility index (Phi) is 4.87. The molecule has 0 spiro atoms. The molecule has 0 aromatic heterocycles. The van der Waals surface area contributed by atoms with Crippen LogP contribution in [0.3, 0.4) is 0 Å². The van der Waals surface area contributed by atoms with Crippen LogP contribution in [0.25, 0.3) is 0 Å². The summed E-state index contributed by atoms with van der Waals surface area (Å²) in [5.41, 5.74) is -0.652. The van der Waals surface area contributed by atoms with Crippen molar-refractivity contribution in [3.63, 3.8) is 0 Å². The minimum absolute atomic E-state index is 0.0218. The van der Waals surface area contributed by atoms with E-state index >= 15 is 0 Å². The lowest BCUT2D eigenvalue weighted by Gasteiger charge is -2.30. The van der Waals surface area contributed by atoms with E-state index in [9.17, 15) is 19.5 Å². The van der Waals surface area contributed by atoms with Gasteiger partial charge >= 0.3 is 12.1 Å². The topological polar surface area (TPSA) is 95.9 Å². The van der Waals surface area contributed by atoms with E-state index in [4.69, 9.17) is 4.74 Å². The molecule has 2 amide bonds. The maximum atomic E-state index is 12.7. The largest absolute Gasteiger partial charge is 0.480 e. The highest BCUT2D eigenvalue weighted by atomic mass is 16.6. The lowest BCUT2D eigenvalue weighted by Crippen LogP contribution is -2.53. The molecule has 23 heavy (non-hydrogen) atoms. The highest BCUT2D eigenvalue weighted by molar-refractivity contribution is 5.90. The first kappa shape index (κ1) is 17.6. The summed E-state index contributed by atoms with van der Waals surface area (Å²) in [5.74, 6) is -1.07. The zero-order valence-corrected chi connectivity index (χ0v) is 14.2. The zero-order chi connectivity index (χ0) is 17.4. The van der Waals surface area contributed by atoms with E-state index in [2.05, 4.69) is 5.32 Å². The Morgan fingerprint density at radius 2 is 1.91 bits per heavy atom. The molecule has 1 saturated heterocycles. The van der Waals surface area contributed by atoms with Crippen molar-refractivity contribution >= 4 is 18.0 Å². The molecule has 1 saturated carbocycles. The Morgan fingerprint density at radius 3 is 2.48 bits per heavy atom. The summed E-state index contributed by atoms with van der Waals surface area (Å²) in [6.07, 6.45) is 2.64. The number of alkyl carbamates (subject to hydrolysis) is 1. The highest BCUT2D eigenvalue weighted by Crippen LogP contribution is 2.41. The van der Waals surface area contributed by atoms with Gasteiger partial charge in [-0.3, -0.25) is 4.79 Å². The number of ether oxygens (including phenoxy) is 1. The molecule has 7 heteroatoms. The number of hydrogen-bond acceptors (Lipinski definition) is 4. The summed E-state index contributed by atoms with van der Waals surface area (Å²) >= 11 is 0. The van der Waals surface area contributed by atoms with Crippen LogP contribution in [0, 0.1) is 5.92 Å². The first-order valence-corrected chi connectivity index (χ1v) is 8.14. The summed E-state index contributed by atoms with van der Waals surface area (Å²) in [6.45, 7) is 6.78. The van der Waals surface area contributed by atoms with Crippen LogP contribution >= 0.6 is 0 Å². The van der Waals surface area contributed by atoms with E-state index in [-0.39, 0.29) is 17.9 Å². The van der Waals surface area contributed by atoms with Gasteiger partial charge in [0.1, 0.15) is 17.7 Å². The second kappa shape index (κ2) is 6.37. The molecule has 0 aromatic rings. The van der Waals surface area contributed by atoms with Crippen molar-refractivity contribution in [3.8, 4) is 0 Å². The number of nitrogens with zero attached hydrogens (tertiary/aromatic N) is 1. The van der Waals surface area contributed by atoms with Gasteiger partial charge in [-0.05, 0) is 52.9 Å². The summed E-state index contributed by atoms with van der Waals surface area (Å²) in [7, 11) is 0. The number of nitrogens with one attached hydrogen (secondary N) is 1. The third-order valence-corrected chi connectivity index (χ3v) is 4.48. The van der Waals surface area contributed by atoms with Crippen molar-refractivity contribution in [1.29, 1.82) is 0 Å². The lowest BCUT2D eigenvalue weighted by molar-refractivity contribution is -0.150. The van der Waals surface area contributed by atoms with Crippen molar-refractivity contribution < 1.29 is 24.2 Å². The predicted molar refractivity (Wildman–Crippen MR) is 82.8 cm³/mol. The molecule has 1 aliphatic carbocycles. The molecule has 2 fully saturated rings. The molecule has 4 atom stereocenters. The van der Waals surface area contributed by atoms with Crippen LogP contribution in [0.15, 0.2) is 0 Å². The van der Waals surface area contributed by atoms with Crippen LogP contribution in [-0.2, 0) is 14.3 Å². The standard InChI is InChI=1S/C16H26N2O5/c1-9(17-15(22)23-16(2,3)4)13(19)18-11-7-5-6-10(11)8-12(18)14(20)21/h9-12H,5-8H2,1-4H3,(H,17,22)(H,20,21)/t9-,10-,11-,12-/m0/s1. The van der Waals surface area contributed by atoms with E-state index < -0.39 is 29.7 Å². The average molecular weight is 326 g/mol. The van der Waals surface area contributed by atoms with E-state index in [1.165, 1.54) is 4.90 Å². The summed E-state index contributed by atoms with van der Waals surface area (Å²) in [6, 6.07) is -1.63. The summed E-state index contributed by atoms with van der Waals surface area (Å²) in [5, 5.41) is 11.9. The average Bonchev–Trinajstić information content (AvgIpc) is 2.94. The summed E-state index contributed by atoms with van der Waals surface area (Å²) < 4.78 is 5.14. The van der Waals surface area contributed by atoms with Gasteiger partial charge in [0.15, 0.2) is 0 Å². The van der Waals surface area contributed by atoms with Gasteiger partial charge in [0.2, 0.25) is 5.91 Å². The van der Waals surface area contributed by atoms with Crippen LogP contribution in [0.1, 0.15) is 53.4 Å². The minimum Gasteiger partial charge on any atom is -0.480 e. The number of rotatable bonds is 3. The smallest absolute Gasteiger partial charge is 0.408 e. The fourth-order valence-electron chi connectivity index (χ4n) is 3.60. The third-order valence-electron chi connectivity index (χ3n) is 4.48. The van der Waals surface area contributed by atoms with E-state index in [1.54, 1.807) is 27.7 Å². The number of amides is 2. The predicted octanol–water partition coefficient (Wildman–Crippen LogP) is 1.75. The lowest BCUT2D eigenvalue weighted by atomic mass is 10.0. The normalized spacial score (nSPS) is 28.2. The molecule has 0 unspecified atom stereocenters. The Hall–Kier alpha value is -1.79. The SMILES string of the molecule is C[C@H](NC(=O)OC(C)(C)C)C(=O)N1[C@H](C(=O)O)C[C@@H]2CCC[C@@H]21. The number of likely N-dealkylation sites (tertiary alicyclic amines) is 1. The second-order valence-electron chi connectivity index (χ2n) is 7.46. The van der Waals surface area contributed by atoms with Gasteiger partial charge < -0.3 is 20.1 Å². The molecule has 0 bridgehead atoms. The fourth-order valence-corrected chi connectivity index (χ4v) is 3.60. The van der Waals surface area contributed by atoms with Crippen molar-refractivity contribution in [2.45, 2.75) is 77.1 Å². The molecule has 1 heterocycles. The Labute approximate surface area is 136 Å². The quantitative estimate of drug-likeness (QED) is 0.824. The van der Waals surface area contributed by atoms with E-state index in [0.29, 0.717) is 6.42 Å². The van der Waals surface area contributed by atoms with Gasteiger partial charge in [0.25, 0.3) is 0 Å². The molecule has 2 N–H and O–H groups in total. The van der Waals surface area contributed by atoms with Gasteiger partial charge in [-0.1, -0.05) is 6.42 Å². The van der Waals surface area contributed by atoms with Crippen LogP contribution < -0.4 is 5.32 Å². The Balaban J connectivity index is 2.04. The van der Waals surface area contributed by atoms with E-state index in [1.807, 2.05) is 0 Å². The van der Waals surface area contributed by atoms with Crippen LogP contribution in [0.2, 0.25) is 0 Å². The van der Waals surface area contributed by atoms with Gasteiger partial charge in [-0.25, -0.2) is 9.59 Å². The number of carboxylic acid groups (broad SMARTS) is 1. The van der Waals surface area contributed by atoms with Gasteiger partial charge in [0, 0.05) is 6.04 Å². The number of carbonyl (C=O) groups excluding carboxylic acids is 2. The molecular formula is C16H26N2O5. The number of fused-ring (bicyclic) bond motifs is 1. The monoisotopic (exact) mass is 326 g/mol. The van der Waals surface area contributed by atoms with Crippen LogP contribution in [-0.4, -0.2) is 51.7 Å². The maximum Gasteiger partial charge on any atom is 0.408 e. The molecular weight excluding hydrogens is 300 g/mol. The molecule has 2 rings (SSSR count). The number of aliphatic carboxylic acids is 1. The van der Waals surface area contributed by atoms with Crippen molar-refractivity contribution in [2.24, 2.45) is 5.92 Å². The Bertz CT molecular complexity index is 499. The van der Waals surface area contributed by atoms with Crippen molar-refractivity contribution in [3.05, 3.63) is 0 Å². The zero-order valence-electron chi connectivity index (χ0n) is 14.2. The third kappa shape index (κ3) is 3.95. The van der Waals surface area contributed by atoms with Gasteiger partial charge in [0.05, 0.1) is 0 Å². The summed E-state index contributed by atoms with van der Waals surface area (Å²) in [4.78, 5) is 37.5. The van der Waals surface area contributed by atoms with Crippen molar-refractivity contribution in [1.82, 2.24) is 10.2 Å². The maximum absolute atomic E-state index is 12.7. The minimum atomic E-state index is -0.975. The molecule has 1 aliphatic heterocycles. The van der Waals surface area contributed by atoms with E-state index in [0.717, 1.165) is 19.3 Å². The van der Waals surface area contributed by atoms with Crippen LogP contribution in [0.5, 0.6) is 0 Å². The highest BCUT2D eigenvalue weighted by Gasteiger charge is 2.49.